The topological polar surface area (TPSA) is 139 Å². The van der Waals surface area contributed by atoms with Gasteiger partial charge in [0.1, 0.15) is 35.3 Å². The minimum absolute atomic E-state index is 0.113. The summed E-state index contributed by atoms with van der Waals surface area (Å²) in [7, 11) is -7.85. The summed E-state index contributed by atoms with van der Waals surface area (Å²) in [5, 5.41) is 0.238. The highest BCUT2D eigenvalue weighted by Gasteiger charge is 2.27. The zero-order valence-corrected chi connectivity index (χ0v) is 22.9. The summed E-state index contributed by atoms with van der Waals surface area (Å²) in [6.07, 6.45) is 0. The van der Waals surface area contributed by atoms with Gasteiger partial charge in [-0.3, -0.25) is 9.13 Å². The van der Waals surface area contributed by atoms with Crippen molar-refractivity contribution in [3.8, 4) is 11.5 Å². The second kappa shape index (κ2) is 16.9. The molecule has 208 valence electrons. The van der Waals surface area contributed by atoms with Crippen LogP contribution in [0, 0.1) is 0 Å². The normalized spacial score (nSPS) is 14.6. The van der Waals surface area contributed by atoms with Crippen molar-refractivity contribution in [2.45, 2.75) is 13.8 Å². The van der Waals surface area contributed by atoms with Gasteiger partial charge in [0.15, 0.2) is 0 Å². The molecule has 0 fully saturated rings. The van der Waals surface area contributed by atoms with Crippen LogP contribution in [0.5, 0.6) is 11.5 Å². The van der Waals surface area contributed by atoms with E-state index in [0.717, 1.165) is 0 Å². The Hall–Kier alpha value is -1.78. The molecule has 13 heteroatoms. The quantitative estimate of drug-likeness (QED) is 0.182. The van der Waals surface area contributed by atoms with Gasteiger partial charge in [-0.05, 0) is 38.1 Å². The Balaban J connectivity index is 1.52. The molecule has 2 N–H and O–H groups in total. The molecule has 0 saturated heterocycles. The summed E-state index contributed by atoms with van der Waals surface area (Å²) in [6, 6.07) is 12.9. The van der Waals surface area contributed by atoms with Crippen molar-refractivity contribution < 1.29 is 51.6 Å². The molecule has 0 aliphatic rings. The molecular weight excluding hydrogens is 526 g/mol. The van der Waals surface area contributed by atoms with Crippen LogP contribution >= 0.6 is 15.2 Å². The van der Waals surface area contributed by atoms with E-state index < -0.39 is 15.2 Å². The first kappa shape index (κ1) is 31.4. The fourth-order valence-corrected chi connectivity index (χ4v) is 5.44. The Bertz CT molecular complexity index is 938. The Morgan fingerprint density at radius 1 is 0.568 bits per heavy atom. The fourth-order valence-electron chi connectivity index (χ4n) is 3.08. The second-order valence-corrected chi connectivity index (χ2v) is 10.9. The van der Waals surface area contributed by atoms with Gasteiger partial charge < -0.3 is 42.5 Å². The van der Waals surface area contributed by atoms with E-state index in [1.165, 1.54) is 12.1 Å². The lowest BCUT2D eigenvalue weighted by molar-refractivity contribution is 0.00506. The zero-order valence-electron chi connectivity index (χ0n) is 21.2. The van der Waals surface area contributed by atoms with Crippen LogP contribution in [-0.2, 0) is 32.4 Å². The first-order valence-electron chi connectivity index (χ1n) is 11.9. The van der Waals surface area contributed by atoms with Gasteiger partial charge in [-0.25, -0.2) is 0 Å². The lowest BCUT2D eigenvalue weighted by Crippen LogP contribution is -2.17. The van der Waals surface area contributed by atoms with Crippen molar-refractivity contribution in [2.24, 2.45) is 0 Å². The zero-order chi connectivity index (χ0) is 27.0. The third-order valence-electron chi connectivity index (χ3n) is 4.66. The summed E-state index contributed by atoms with van der Waals surface area (Å²) in [4.78, 5) is 20.1. The minimum Gasteiger partial charge on any atom is -0.490 e. The van der Waals surface area contributed by atoms with Crippen LogP contribution in [0.1, 0.15) is 13.8 Å². The van der Waals surface area contributed by atoms with E-state index in [9.17, 15) is 18.9 Å². The molecule has 2 aromatic rings. The number of rotatable bonds is 20. The standard InChI is InChI=1S/C24H36O11P2/c1-3-34-36(25,26)23-11-7-5-9-21(23)32-19-17-30-15-13-29-14-16-31-18-20-33-22-10-6-8-12-24(22)37(27,28)35-4-2/h5-12H,3-4,13-20H2,1-2H3,(H,25,26)(H,27,28). The maximum Gasteiger partial charge on any atom is 0.362 e. The van der Waals surface area contributed by atoms with Crippen molar-refractivity contribution in [1.29, 1.82) is 0 Å². The van der Waals surface area contributed by atoms with E-state index >= 15 is 0 Å². The molecule has 0 spiro atoms. The highest BCUT2D eigenvalue weighted by molar-refractivity contribution is 7.61. The lowest BCUT2D eigenvalue weighted by Gasteiger charge is -2.16. The fraction of sp³-hybridized carbons (Fsp3) is 0.500. The molecule has 0 radical (unpaired) electrons. The third kappa shape index (κ3) is 11.2. The number of para-hydroxylation sites is 2. The largest absolute Gasteiger partial charge is 0.490 e. The average molecular weight is 562 g/mol. The van der Waals surface area contributed by atoms with Crippen molar-refractivity contribution in [2.75, 3.05) is 66.1 Å². The molecular formula is C24H36O11P2. The Morgan fingerprint density at radius 2 is 0.892 bits per heavy atom. The van der Waals surface area contributed by atoms with Crippen LogP contribution in [0.25, 0.3) is 0 Å². The van der Waals surface area contributed by atoms with Gasteiger partial charge >= 0.3 is 15.2 Å². The van der Waals surface area contributed by atoms with Crippen LogP contribution in [-0.4, -0.2) is 75.9 Å². The lowest BCUT2D eigenvalue weighted by atomic mass is 10.3. The predicted molar refractivity (Wildman–Crippen MR) is 139 cm³/mol. The summed E-state index contributed by atoms with van der Waals surface area (Å²) in [5.74, 6) is 0.567. The maximum atomic E-state index is 12.3. The molecule has 0 heterocycles. The van der Waals surface area contributed by atoms with E-state index in [1.54, 1.807) is 50.2 Å². The molecule has 11 nitrogen and oxygen atoms in total. The maximum absolute atomic E-state index is 12.3. The van der Waals surface area contributed by atoms with Crippen molar-refractivity contribution in [3.05, 3.63) is 48.5 Å². The number of ether oxygens (including phenoxy) is 5. The van der Waals surface area contributed by atoms with Gasteiger partial charge in [-0.1, -0.05) is 24.3 Å². The van der Waals surface area contributed by atoms with Crippen LogP contribution < -0.4 is 20.1 Å². The molecule has 2 rings (SSSR count). The van der Waals surface area contributed by atoms with E-state index in [0.29, 0.717) is 26.4 Å². The molecule has 0 aliphatic carbocycles. The third-order valence-corrected chi connectivity index (χ3v) is 7.84. The molecule has 2 aromatic carbocycles. The van der Waals surface area contributed by atoms with Crippen LogP contribution in [0.2, 0.25) is 0 Å². The van der Waals surface area contributed by atoms with Gasteiger partial charge in [0.2, 0.25) is 0 Å². The van der Waals surface area contributed by atoms with Crippen molar-refractivity contribution in [3.63, 3.8) is 0 Å². The molecule has 0 saturated carbocycles. The summed E-state index contributed by atoms with van der Waals surface area (Å²) in [5.41, 5.74) is 0. The number of hydrogen-bond acceptors (Lipinski definition) is 9. The summed E-state index contributed by atoms with van der Waals surface area (Å²) in [6.45, 7) is 5.91. The van der Waals surface area contributed by atoms with Gasteiger partial charge in [0.05, 0.1) is 52.9 Å². The van der Waals surface area contributed by atoms with Crippen LogP contribution in [0.15, 0.2) is 48.5 Å². The van der Waals surface area contributed by atoms with Crippen LogP contribution in [0.3, 0.4) is 0 Å². The molecule has 37 heavy (non-hydrogen) atoms. The SMILES string of the molecule is CCOP(=O)(O)c1ccccc1OCCOCCOCCOCCOc1ccccc1P(=O)(O)OCC. The number of hydrogen-bond donors (Lipinski definition) is 2. The number of benzene rings is 2. The Labute approximate surface area is 217 Å². The van der Waals surface area contributed by atoms with Gasteiger partial charge in [-0.2, -0.15) is 0 Å². The Kier molecular flexibility index (Phi) is 14.4. The van der Waals surface area contributed by atoms with Gasteiger partial charge in [0.25, 0.3) is 0 Å². The van der Waals surface area contributed by atoms with Crippen LogP contribution in [0.4, 0.5) is 0 Å². The average Bonchev–Trinajstić information content (AvgIpc) is 2.87. The second-order valence-electron chi connectivity index (χ2n) is 7.35. The molecule has 2 unspecified atom stereocenters. The first-order valence-corrected chi connectivity index (χ1v) is 15.1. The predicted octanol–water partition coefficient (Wildman–Crippen LogP) is 2.89. The van der Waals surface area contributed by atoms with Gasteiger partial charge in [-0.15, -0.1) is 0 Å². The van der Waals surface area contributed by atoms with E-state index in [1.807, 2.05) is 0 Å². The molecule has 0 aliphatic heterocycles. The molecule has 2 atom stereocenters. The van der Waals surface area contributed by atoms with Crippen molar-refractivity contribution in [1.82, 2.24) is 0 Å². The smallest absolute Gasteiger partial charge is 0.362 e. The monoisotopic (exact) mass is 562 g/mol. The Morgan fingerprint density at radius 3 is 1.24 bits per heavy atom. The summed E-state index contributed by atoms with van der Waals surface area (Å²) >= 11 is 0. The van der Waals surface area contributed by atoms with E-state index in [-0.39, 0.29) is 61.7 Å². The molecule has 0 bridgehead atoms. The molecule has 0 aromatic heterocycles. The van der Waals surface area contributed by atoms with Crippen molar-refractivity contribution >= 4 is 25.8 Å². The summed E-state index contributed by atoms with van der Waals surface area (Å²) < 4.78 is 61.9. The minimum atomic E-state index is -3.93. The highest BCUT2D eigenvalue weighted by Crippen LogP contribution is 2.44. The van der Waals surface area contributed by atoms with E-state index in [4.69, 9.17) is 32.7 Å². The van der Waals surface area contributed by atoms with E-state index in [2.05, 4.69) is 0 Å². The highest BCUT2D eigenvalue weighted by atomic mass is 31.2. The van der Waals surface area contributed by atoms with Gasteiger partial charge in [0, 0.05) is 0 Å². The molecule has 0 amide bonds. The first-order chi connectivity index (χ1) is 17.8.